The maximum Gasteiger partial charge on any atom is 0.312 e. The minimum absolute atomic E-state index is 0. The van der Waals surface area contributed by atoms with Crippen molar-refractivity contribution in [2.24, 2.45) is 5.73 Å². The number of urea groups is 1. The highest BCUT2D eigenvalue weighted by Gasteiger charge is 2.33. The lowest BCUT2D eigenvalue weighted by molar-refractivity contribution is 0.237. The Balaban J connectivity index is 0.000000845. The van der Waals surface area contributed by atoms with Gasteiger partial charge in [0.2, 0.25) is 0 Å². The molecule has 2 rings (SSSR count). The van der Waals surface area contributed by atoms with Crippen LogP contribution in [0.25, 0.3) is 0 Å². The van der Waals surface area contributed by atoms with E-state index in [2.05, 4.69) is 10.6 Å². The van der Waals surface area contributed by atoms with E-state index in [1.165, 1.54) is 12.8 Å². The predicted molar refractivity (Wildman–Crippen MR) is 52.9 cm³/mol. The van der Waals surface area contributed by atoms with Gasteiger partial charge in [0.05, 0.1) is 0 Å². The van der Waals surface area contributed by atoms with Gasteiger partial charge in [-0.25, -0.2) is 4.79 Å². The summed E-state index contributed by atoms with van der Waals surface area (Å²) in [5.41, 5.74) is 5.06. The normalized spacial score (nSPS) is 36.5. The molecule has 2 amide bonds. The Kier molecular flexibility index (Phi) is 3.39. The van der Waals surface area contributed by atoms with Crippen molar-refractivity contribution in [3.05, 3.63) is 0 Å². The second-order valence-electron chi connectivity index (χ2n) is 3.81. The number of nitrogens with two attached hydrogens (primary N) is 1. The molecular formula is C8H16ClN3O. The Bertz CT molecular complexity index is 188. The quantitative estimate of drug-likeness (QED) is 0.579. The molecule has 0 aromatic rings. The van der Waals surface area contributed by atoms with Crippen molar-refractivity contribution >= 4 is 18.4 Å². The molecule has 0 aliphatic carbocycles. The van der Waals surface area contributed by atoms with Crippen molar-refractivity contribution in [2.75, 3.05) is 0 Å². The first kappa shape index (κ1) is 10.6. The van der Waals surface area contributed by atoms with Crippen LogP contribution in [0.1, 0.15) is 25.7 Å². The summed E-state index contributed by atoms with van der Waals surface area (Å²) in [7, 11) is 0. The van der Waals surface area contributed by atoms with Crippen molar-refractivity contribution < 1.29 is 4.79 Å². The number of hydrogen-bond acceptors (Lipinski definition) is 2. The number of carbonyl (C=O) groups excluding carboxylic acids is 1. The average molecular weight is 206 g/mol. The zero-order chi connectivity index (χ0) is 8.55. The second kappa shape index (κ2) is 4.15. The number of rotatable bonds is 1. The van der Waals surface area contributed by atoms with Gasteiger partial charge in [-0.05, 0) is 25.7 Å². The van der Waals surface area contributed by atoms with Crippen molar-refractivity contribution in [1.82, 2.24) is 10.6 Å². The van der Waals surface area contributed by atoms with Gasteiger partial charge in [0, 0.05) is 18.1 Å². The smallest absolute Gasteiger partial charge is 0.312 e. The Morgan fingerprint density at radius 3 is 2.31 bits per heavy atom. The van der Waals surface area contributed by atoms with Gasteiger partial charge in [0.15, 0.2) is 0 Å². The molecule has 0 aromatic carbocycles. The van der Waals surface area contributed by atoms with Gasteiger partial charge in [-0.1, -0.05) is 0 Å². The molecule has 2 unspecified atom stereocenters. The highest BCUT2D eigenvalue weighted by molar-refractivity contribution is 5.85. The van der Waals surface area contributed by atoms with Crippen LogP contribution in [-0.4, -0.2) is 24.2 Å². The summed E-state index contributed by atoms with van der Waals surface area (Å²) in [4.78, 5) is 10.6. The van der Waals surface area contributed by atoms with E-state index in [0.717, 1.165) is 12.8 Å². The Morgan fingerprint density at radius 2 is 1.85 bits per heavy atom. The van der Waals surface area contributed by atoms with Crippen LogP contribution >= 0.6 is 12.4 Å². The monoisotopic (exact) mass is 205 g/mol. The molecule has 5 heteroatoms. The number of nitrogens with one attached hydrogen (secondary N) is 2. The third-order valence-electron chi connectivity index (χ3n) is 2.82. The van der Waals surface area contributed by atoms with Crippen LogP contribution in [0.2, 0.25) is 0 Å². The summed E-state index contributed by atoms with van der Waals surface area (Å²) < 4.78 is 0. The van der Waals surface area contributed by atoms with Crippen molar-refractivity contribution in [1.29, 1.82) is 0 Å². The molecule has 0 aromatic heterocycles. The number of amides is 2. The van der Waals surface area contributed by atoms with E-state index in [4.69, 9.17) is 5.73 Å². The molecule has 2 heterocycles. The van der Waals surface area contributed by atoms with Gasteiger partial charge in [-0.15, -0.1) is 12.4 Å². The fourth-order valence-corrected chi connectivity index (χ4v) is 2.38. The van der Waals surface area contributed by atoms with E-state index < -0.39 is 0 Å². The molecule has 76 valence electrons. The second-order valence-corrected chi connectivity index (χ2v) is 3.81. The molecule has 2 saturated heterocycles. The van der Waals surface area contributed by atoms with Crippen LogP contribution in [0.4, 0.5) is 4.79 Å². The molecule has 0 radical (unpaired) electrons. The summed E-state index contributed by atoms with van der Waals surface area (Å²) in [6.07, 6.45) is 4.59. The SMILES string of the molecule is Cl.NC(=O)NC1CC2CCC(C1)N2. The molecule has 0 saturated carbocycles. The van der Waals surface area contributed by atoms with Crippen LogP contribution in [-0.2, 0) is 0 Å². The van der Waals surface area contributed by atoms with Gasteiger partial charge in [-0.3, -0.25) is 0 Å². The maximum atomic E-state index is 10.6. The number of fused-ring (bicyclic) bond motifs is 2. The molecule has 13 heavy (non-hydrogen) atoms. The average Bonchev–Trinajstić information content (AvgIpc) is 2.29. The van der Waals surface area contributed by atoms with E-state index in [1.54, 1.807) is 0 Å². The topological polar surface area (TPSA) is 67.2 Å². The molecule has 4 nitrogen and oxygen atoms in total. The van der Waals surface area contributed by atoms with Crippen LogP contribution < -0.4 is 16.4 Å². The minimum atomic E-state index is -0.388. The Labute approximate surface area is 84.0 Å². The lowest BCUT2D eigenvalue weighted by Gasteiger charge is -2.28. The minimum Gasteiger partial charge on any atom is -0.352 e. The van der Waals surface area contributed by atoms with E-state index >= 15 is 0 Å². The fraction of sp³-hybridized carbons (Fsp3) is 0.875. The van der Waals surface area contributed by atoms with Crippen molar-refractivity contribution in [3.63, 3.8) is 0 Å². The van der Waals surface area contributed by atoms with Crippen LogP contribution in [0.5, 0.6) is 0 Å². The van der Waals surface area contributed by atoms with Gasteiger partial charge < -0.3 is 16.4 Å². The predicted octanol–water partition coefficient (Wildman–Crippen LogP) is 0.359. The van der Waals surface area contributed by atoms with Crippen molar-refractivity contribution in [2.45, 2.75) is 43.8 Å². The van der Waals surface area contributed by atoms with E-state index in [-0.39, 0.29) is 18.4 Å². The van der Waals surface area contributed by atoms with Crippen LogP contribution in [0.15, 0.2) is 0 Å². The summed E-state index contributed by atoms with van der Waals surface area (Å²) >= 11 is 0. The third kappa shape index (κ3) is 2.48. The Morgan fingerprint density at radius 1 is 1.31 bits per heavy atom. The van der Waals surface area contributed by atoms with Crippen LogP contribution in [0, 0.1) is 0 Å². The fourth-order valence-electron chi connectivity index (χ4n) is 2.38. The lowest BCUT2D eigenvalue weighted by atomic mass is 10.0. The molecule has 2 atom stereocenters. The summed E-state index contributed by atoms with van der Waals surface area (Å²) in [5.74, 6) is 0. The van der Waals surface area contributed by atoms with Crippen molar-refractivity contribution in [3.8, 4) is 0 Å². The van der Waals surface area contributed by atoms with E-state index in [0.29, 0.717) is 18.1 Å². The molecule has 2 aliphatic rings. The Hall–Kier alpha value is -0.480. The molecule has 4 N–H and O–H groups in total. The first-order valence-corrected chi connectivity index (χ1v) is 4.56. The molecule has 2 aliphatic heterocycles. The molecular weight excluding hydrogens is 190 g/mol. The first-order chi connectivity index (χ1) is 5.74. The van der Waals surface area contributed by atoms with Gasteiger partial charge in [0.25, 0.3) is 0 Å². The van der Waals surface area contributed by atoms with Gasteiger partial charge in [0.1, 0.15) is 0 Å². The number of halogens is 1. The molecule has 2 fully saturated rings. The zero-order valence-electron chi connectivity index (χ0n) is 7.45. The number of piperidine rings is 1. The maximum absolute atomic E-state index is 10.6. The van der Waals surface area contributed by atoms with Gasteiger partial charge in [-0.2, -0.15) is 0 Å². The largest absolute Gasteiger partial charge is 0.352 e. The van der Waals surface area contributed by atoms with Gasteiger partial charge >= 0.3 is 6.03 Å². The standard InChI is InChI=1S/C8H15N3O.ClH/c9-8(12)11-7-3-5-1-2-6(4-7)10-5;/h5-7,10H,1-4H2,(H3,9,11,12);1H. The number of carbonyl (C=O) groups is 1. The molecule has 0 spiro atoms. The highest BCUT2D eigenvalue weighted by Crippen LogP contribution is 2.26. The summed E-state index contributed by atoms with van der Waals surface area (Å²) in [6.45, 7) is 0. The number of primary amides is 1. The van der Waals surface area contributed by atoms with Crippen LogP contribution in [0.3, 0.4) is 0 Å². The van der Waals surface area contributed by atoms with E-state index in [1.807, 2.05) is 0 Å². The summed E-state index contributed by atoms with van der Waals surface area (Å²) in [6, 6.07) is 1.14. The molecule has 2 bridgehead atoms. The highest BCUT2D eigenvalue weighted by atomic mass is 35.5. The lowest BCUT2D eigenvalue weighted by Crippen LogP contribution is -2.49. The zero-order valence-corrected chi connectivity index (χ0v) is 8.27. The number of hydrogen-bond donors (Lipinski definition) is 3. The van der Waals surface area contributed by atoms with E-state index in [9.17, 15) is 4.79 Å². The summed E-state index contributed by atoms with van der Waals surface area (Å²) in [5, 5.41) is 6.28. The third-order valence-corrected chi connectivity index (χ3v) is 2.82. The first-order valence-electron chi connectivity index (χ1n) is 4.56.